The Morgan fingerprint density at radius 3 is 2.57 bits per heavy atom. The van der Waals surface area contributed by atoms with Crippen molar-refractivity contribution >= 4 is 5.69 Å². The average molecular weight is 480 g/mol. The monoisotopic (exact) mass is 479 g/mol. The van der Waals surface area contributed by atoms with Crippen LogP contribution in [0.3, 0.4) is 0 Å². The fraction of sp³-hybridized carbons (Fsp3) is 0.269. The molecule has 35 heavy (non-hydrogen) atoms. The van der Waals surface area contributed by atoms with Crippen LogP contribution < -0.4 is 9.64 Å². The fourth-order valence-electron chi connectivity index (χ4n) is 4.61. The lowest BCUT2D eigenvalue weighted by Crippen LogP contribution is -2.36. The number of fused-ring (bicyclic) bond motifs is 1. The molecule has 180 valence electrons. The molecule has 3 aromatic carbocycles. The van der Waals surface area contributed by atoms with Crippen molar-refractivity contribution in [3.05, 3.63) is 101 Å². The van der Waals surface area contributed by atoms with E-state index < -0.39 is 17.8 Å². The number of para-hydroxylation sites is 1. The van der Waals surface area contributed by atoms with Crippen molar-refractivity contribution in [1.82, 2.24) is 20.2 Å². The molecule has 0 unspecified atom stereocenters. The first-order valence-corrected chi connectivity index (χ1v) is 11.3. The third-order valence-electron chi connectivity index (χ3n) is 6.28. The zero-order valence-corrected chi connectivity index (χ0v) is 19.1. The van der Waals surface area contributed by atoms with Gasteiger partial charge in [0.05, 0.1) is 19.2 Å². The van der Waals surface area contributed by atoms with E-state index in [9.17, 15) is 13.2 Å². The van der Waals surface area contributed by atoms with Gasteiger partial charge in [-0.25, -0.2) is 4.68 Å². The Bertz CT molecular complexity index is 1300. The Hall–Kier alpha value is -3.88. The summed E-state index contributed by atoms with van der Waals surface area (Å²) in [6, 6.07) is 20.4. The quantitative estimate of drug-likeness (QED) is 0.376. The number of nitrogens with zero attached hydrogens (tertiary/aromatic N) is 5. The number of methoxy groups -OCH3 is 1. The first-order valence-electron chi connectivity index (χ1n) is 11.3. The fourth-order valence-corrected chi connectivity index (χ4v) is 4.61. The van der Waals surface area contributed by atoms with E-state index in [0.717, 1.165) is 41.5 Å². The maximum atomic E-state index is 13.6. The number of anilines is 1. The molecule has 1 aromatic heterocycles. The van der Waals surface area contributed by atoms with Crippen LogP contribution in [0.2, 0.25) is 0 Å². The number of hydrogen-bond donors (Lipinski definition) is 0. The molecule has 0 aliphatic carbocycles. The summed E-state index contributed by atoms with van der Waals surface area (Å²) < 4.78 is 47.7. The van der Waals surface area contributed by atoms with Gasteiger partial charge in [-0.2, -0.15) is 13.2 Å². The van der Waals surface area contributed by atoms with E-state index in [2.05, 4.69) is 26.5 Å². The van der Waals surface area contributed by atoms with Crippen LogP contribution in [0.5, 0.6) is 5.75 Å². The minimum atomic E-state index is -4.45. The number of benzene rings is 3. The predicted molar refractivity (Wildman–Crippen MR) is 125 cm³/mol. The molecule has 0 bridgehead atoms. The van der Waals surface area contributed by atoms with Crippen molar-refractivity contribution in [3.8, 4) is 5.75 Å². The lowest BCUT2D eigenvalue weighted by atomic mass is 9.95. The first-order chi connectivity index (χ1) is 16.9. The Labute approximate surface area is 201 Å². The third-order valence-corrected chi connectivity index (χ3v) is 6.28. The number of hydrogen-bond acceptors (Lipinski definition) is 5. The van der Waals surface area contributed by atoms with Gasteiger partial charge >= 0.3 is 6.18 Å². The number of ether oxygens (including phenoxy) is 1. The molecule has 5 rings (SSSR count). The molecular weight excluding hydrogens is 455 g/mol. The second-order valence-electron chi connectivity index (χ2n) is 8.49. The van der Waals surface area contributed by atoms with E-state index in [4.69, 9.17) is 4.74 Å². The molecule has 4 aromatic rings. The summed E-state index contributed by atoms with van der Waals surface area (Å²) in [6.07, 6.45) is -2.65. The number of aromatic nitrogens is 4. The van der Waals surface area contributed by atoms with Crippen LogP contribution in [0.25, 0.3) is 0 Å². The van der Waals surface area contributed by atoms with Crippen LogP contribution >= 0.6 is 0 Å². The molecule has 0 amide bonds. The highest BCUT2D eigenvalue weighted by molar-refractivity contribution is 5.58. The van der Waals surface area contributed by atoms with Crippen molar-refractivity contribution < 1.29 is 17.9 Å². The smallest absolute Gasteiger partial charge is 0.416 e. The van der Waals surface area contributed by atoms with Gasteiger partial charge in [-0.3, -0.25) is 0 Å². The van der Waals surface area contributed by atoms with Gasteiger partial charge in [0.2, 0.25) is 0 Å². The standard InChI is InChI=1S/C26H24F3N5O/c1-35-22-13-11-18(12-14-22)17-34-25(30-31-32-34)24(20-7-4-9-21(16-20)26(27,28)29)33-15-5-8-19-6-2-3-10-23(19)33/h2-4,6-7,9-14,16,24H,5,8,15,17H2,1H3/t24-/m1/s1. The van der Waals surface area contributed by atoms with Crippen molar-refractivity contribution in [1.29, 1.82) is 0 Å². The molecule has 1 atom stereocenters. The highest BCUT2D eigenvalue weighted by Gasteiger charge is 2.35. The summed E-state index contributed by atoms with van der Waals surface area (Å²) in [5.41, 5.74) is 2.88. The van der Waals surface area contributed by atoms with Gasteiger partial charge in [-0.05, 0) is 70.3 Å². The van der Waals surface area contributed by atoms with Crippen molar-refractivity contribution in [3.63, 3.8) is 0 Å². The number of rotatable bonds is 6. The van der Waals surface area contributed by atoms with Crippen LogP contribution in [0, 0.1) is 0 Å². The van der Waals surface area contributed by atoms with E-state index in [-0.39, 0.29) is 0 Å². The molecule has 6 nitrogen and oxygen atoms in total. The second kappa shape index (κ2) is 9.40. The lowest BCUT2D eigenvalue weighted by Gasteiger charge is -2.37. The number of halogens is 3. The van der Waals surface area contributed by atoms with Crippen LogP contribution in [-0.4, -0.2) is 33.9 Å². The molecule has 0 saturated heterocycles. The topological polar surface area (TPSA) is 56.1 Å². The highest BCUT2D eigenvalue weighted by Crippen LogP contribution is 2.39. The number of alkyl halides is 3. The van der Waals surface area contributed by atoms with E-state index in [0.29, 0.717) is 24.5 Å². The molecule has 0 N–H and O–H groups in total. The summed E-state index contributed by atoms with van der Waals surface area (Å²) in [6.45, 7) is 1.05. The molecule has 0 saturated carbocycles. The van der Waals surface area contributed by atoms with Crippen LogP contribution in [-0.2, 0) is 19.1 Å². The van der Waals surface area contributed by atoms with Gasteiger partial charge in [-0.15, -0.1) is 5.10 Å². The van der Waals surface area contributed by atoms with Gasteiger partial charge in [0.25, 0.3) is 0 Å². The summed E-state index contributed by atoms with van der Waals surface area (Å²) in [5, 5.41) is 12.4. The first kappa shape index (κ1) is 22.9. The number of aryl methyl sites for hydroxylation is 1. The van der Waals surface area contributed by atoms with Crippen LogP contribution in [0.4, 0.5) is 18.9 Å². The Kier molecular flexibility index (Phi) is 6.15. The molecule has 2 heterocycles. The Morgan fingerprint density at radius 2 is 1.80 bits per heavy atom. The molecule has 0 spiro atoms. The third kappa shape index (κ3) is 4.71. The van der Waals surface area contributed by atoms with E-state index in [1.165, 1.54) is 12.1 Å². The van der Waals surface area contributed by atoms with Gasteiger partial charge < -0.3 is 9.64 Å². The maximum absolute atomic E-state index is 13.6. The molecule has 0 radical (unpaired) electrons. The summed E-state index contributed by atoms with van der Waals surface area (Å²) in [7, 11) is 1.60. The van der Waals surface area contributed by atoms with Gasteiger partial charge in [0, 0.05) is 12.2 Å². The average Bonchev–Trinajstić information content (AvgIpc) is 3.32. The van der Waals surface area contributed by atoms with Crippen LogP contribution in [0.1, 0.15) is 40.5 Å². The summed E-state index contributed by atoms with van der Waals surface area (Å²) >= 11 is 0. The molecular formula is C26H24F3N5O. The van der Waals surface area contributed by atoms with E-state index in [1.54, 1.807) is 17.9 Å². The lowest BCUT2D eigenvalue weighted by molar-refractivity contribution is -0.137. The predicted octanol–water partition coefficient (Wildman–Crippen LogP) is 5.29. The molecule has 0 fully saturated rings. The Balaban J connectivity index is 1.60. The highest BCUT2D eigenvalue weighted by atomic mass is 19.4. The minimum absolute atomic E-state index is 0.372. The summed E-state index contributed by atoms with van der Waals surface area (Å²) in [5.74, 6) is 1.22. The zero-order chi connectivity index (χ0) is 24.4. The molecule has 1 aliphatic heterocycles. The van der Waals surface area contributed by atoms with E-state index in [1.807, 2.05) is 42.5 Å². The van der Waals surface area contributed by atoms with Gasteiger partial charge in [0.15, 0.2) is 5.82 Å². The normalized spacial score (nSPS) is 14.5. The summed E-state index contributed by atoms with van der Waals surface area (Å²) in [4.78, 5) is 2.12. The molecule has 9 heteroatoms. The van der Waals surface area contributed by atoms with Crippen molar-refractivity contribution in [2.45, 2.75) is 31.6 Å². The largest absolute Gasteiger partial charge is 0.497 e. The second-order valence-corrected chi connectivity index (χ2v) is 8.49. The van der Waals surface area contributed by atoms with Crippen molar-refractivity contribution in [2.75, 3.05) is 18.6 Å². The minimum Gasteiger partial charge on any atom is -0.497 e. The van der Waals surface area contributed by atoms with Gasteiger partial charge in [-0.1, -0.05) is 42.5 Å². The Morgan fingerprint density at radius 1 is 1.00 bits per heavy atom. The zero-order valence-electron chi connectivity index (χ0n) is 19.1. The van der Waals surface area contributed by atoms with Crippen molar-refractivity contribution in [2.24, 2.45) is 0 Å². The maximum Gasteiger partial charge on any atom is 0.416 e. The SMILES string of the molecule is COc1ccc(Cn2nnnc2[C@@H](c2cccc(C(F)(F)F)c2)N2CCCc3ccccc32)cc1. The molecule has 1 aliphatic rings. The number of tetrazole rings is 1. The van der Waals surface area contributed by atoms with E-state index >= 15 is 0 Å². The van der Waals surface area contributed by atoms with Crippen LogP contribution in [0.15, 0.2) is 72.8 Å². The van der Waals surface area contributed by atoms with Gasteiger partial charge in [0.1, 0.15) is 11.8 Å².